The van der Waals surface area contributed by atoms with Crippen LogP contribution in [0.4, 0.5) is 5.69 Å². The molecule has 1 aliphatic rings. The van der Waals surface area contributed by atoms with Crippen molar-refractivity contribution < 1.29 is 9.59 Å². The number of hydrogen-bond donors (Lipinski definition) is 1. The third-order valence-corrected chi connectivity index (χ3v) is 7.62. The molecule has 4 aromatic rings. The van der Waals surface area contributed by atoms with E-state index in [1.54, 1.807) is 11.3 Å². The normalized spacial score (nSPS) is 15.1. The molecule has 7 nitrogen and oxygen atoms in total. The number of anilines is 1. The Morgan fingerprint density at radius 2 is 1.97 bits per heavy atom. The van der Waals surface area contributed by atoms with Crippen LogP contribution in [0.1, 0.15) is 20.8 Å². The van der Waals surface area contributed by atoms with Crippen LogP contribution in [-0.2, 0) is 4.79 Å². The first-order valence-electron chi connectivity index (χ1n) is 10.2. The van der Waals surface area contributed by atoms with Gasteiger partial charge in [0.15, 0.2) is 4.96 Å². The lowest BCUT2D eigenvalue weighted by Crippen LogP contribution is -2.50. The van der Waals surface area contributed by atoms with Crippen molar-refractivity contribution in [1.29, 1.82) is 0 Å². The van der Waals surface area contributed by atoms with E-state index in [0.717, 1.165) is 37.0 Å². The van der Waals surface area contributed by atoms with E-state index in [1.165, 1.54) is 11.3 Å². The van der Waals surface area contributed by atoms with E-state index in [2.05, 4.69) is 15.2 Å². The number of hydrogen-bond acceptors (Lipinski definition) is 6. The van der Waals surface area contributed by atoms with Crippen molar-refractivity contribution in [1.82, 2.24) is 19.2 Å². The number of aromatic nitrogens is 2. The highest BCUT2D eigenvalue weighted by atomic mass is 32.1. The summed E-state index contributed by atoms with van der Waals surface area (Å²) in [5.74, 6) is 0.0276. The number of piperazine rings is 1. The molecule has 3 aromatic heterocycles. The molecule has 1 N–H and O–H groups in total. The van der Waals surface area contributed by atoms with Gasteiger partial charge in [-0.05, 0) is 37.1 Å². The number of rotatable bonds is 4. The van der Waals surface area contributed by atoms with Crippen LogP contribution in [0.3, 0.4) is 0 Å². The number of aryl methyl sites for hydroxylation is 1. The second-order valence-corrected chi connectivity index (χ2v) is 9.74. The van der Waals surface area contributed by atoms with Crippen LogP contribution >= 0.6 is 22.7 Å². The molecule has 2 amide bonds. The zero-order valence-electron chi connectivity index (χ0n) is 17.4. The lowest BCUT2D eigenvalue weighted by molar-refractivity contribution is -0.117. The molecule has 0 bridgehead atoms. The first kappa shape index (κ1) is 20.2. The zero-order valence-corrected chi connectivity index (χ0v) is 19.1. The van der Waals surface area contributed by atoms with Crippen LogP contribution in [0.25, 0.3) is 15.3 Å². The third kappa shape index (κ3) is 3.84. The van der Waals surface area contributed by atoms with Crippen LogP contribution in [0.5, 0.6) is 0 Å². The number of thiazole rings is 1. The molecule has 0 atom stereocenters. The average molecular weight is 454 g/mol. The molecule has 1 fully saturated rings. The minimum Gasteiger partial charge on any atom is -0.335 e. The van der Waals surface area contributed by atoms with Crippen molar-refractivity contribution in [2.24, 2.45) is 0 Å². The summed E-state index contributed by atoms with van der Waals surface area (Å²) in [6.45, 7) is 6.99. The summed E-state index contributed by atoms with van der Waals surface area (Å²) < 4.78 is 2.03. The standard InChI is InChI=1S/C22H23N5O2S2/c1-14-4-3-5-16(15(14)2)23-19(28)13-25-6-8-26(9-7-25)21(29)18-12-17-20(31-18)24-22-27(17)10-11-30-22/h3-5,10-12H,6-9,13H2,1-2H3,(H,23,28). The highest BCUT2D eigenvalue weighted by Gasteiger charge is 2.25. The first-order chi connectivity index (χ1) is 15.0. The van der Waals surface area contributed by atoms with Crippen molar-refractivity contribution in [3.8, 4) is 0 Å². The number of amides is 2. The molecular weight excluding hydrogens is 430 g/mol. The van der Waals surface area contributed by atoms with Gasteiger partial charge in [0.1, 0.15) is 4.83 Å². The first-order valence-corrected chi connectivity index (χ1v) is 11.9. The van der Waals surface area contributed by atoms with E-state index < -0.39 is 0 Å². The van der Waals surface area contributed by atoms with E-state index in [9.17, 15) is 9.59 Å². The van der Waals surface area contributed by atoms with Crippen molar-refractivity contribution in [2.75, 3.05) is 38.0 Å². The lowest BCUT2D eigenvalue weighted by atomic mass is 10.1. The second-order valence-electron chi connectivity index (χ2n) is 7.83. The Morgan fingerprint density at radius 1 is 1.16 bits per heavy atom. The molecule has 160 valence electrons. The average Bonchev–Trinajstić information content (AvgIpc) is 3.44. The fraction of sp³-hybridized carbons (Fsp3) is 0.318. The summed E-state index contributed by atoms with van der Waals surface area (Å²) in [6, 6.07) is 7.86. The van der Waals surface area contributed by atoms with Gasteiger partial charge in [0.05, 0.1) is 16.9 Å². The Kier molecular flexibility index (Phi) is 5.25. The molecule has 1 aromatic carbocycles. The summed E-state index contributed by atoms with van der Waals surface area (Å²) in [7, 11) is 0. The van der Waals surface area contributed by atoms with Gasteiger partial charge >= 0.3 is 0 Å². The quantitative estimate of drug-likeness (QED) is 0.512. The van der Waals surface area contributed by atoms with Crippen LogP contribution in [-0.4, -0.2) is 63.7 Å². The fourth-order valence-corrected chi connectivity index (χ4v) is 5.67. The Balaban J connectivity index is 1.18. The molecule has 5 rings (SSSR count). The smallest absolute Gasteiger partial charge is 0.264 e. The minimum absolute atomic E-state index is 0.0200. The zero-order chi connectivity index (χ0) is 21.5. The van der Waals surface area contributed by atoms with Gasteiger partial charge in [-0.1, -0.05) is 12.1 Å². The highest BCUT2D eigenvalue weighted by molar-refractivity contribution is 7.21. The number of thiophene rings is 1. The van der Waals surface area contributed by atoms with Gasteiger partial charge in [-0.3, -0.25) is 18.9 Å². The van der Waals surface area contributed by atoms with Crippen LogP contribution in [0, 0.1) is 13.8 Å². The summed E-state index contributed by atoms with van der Waals surface area (Å²) in [5.41, 5.74) is 4.10. The fourth-order valence-electron chi connectivity index (χ4n) is 3.90. The summed E-state index contributed by atoms with van der Waals surface area (Å²) >= 11 is 3.04. The van der Waals surface area contributed by atoms with Gasteiger partial charge in [0, 0.05) is 43.4 Å². The largest absolute Gasteiger partial charge is 0.335 e. The second kappa shape index (κ2) is 8.07. The van der Waals surface area contributed by atoms with E-state index in [4.69, 9.17) is 0 Å². The molecule has 0 unspecified atom stereocenters. The van der Waals surface area contributed by atoms with Gasteiger partial charge in [-0.25, -0.2) is 4.98 Å². The minimum atomic E-state index is -0.0200. The van der Waals surface area contributed by atoms with Crippen LogP contribution in [0.15, 0.2) is 35.8 Å². The number of benzene rings is 1. The topological polar surface area (TPSA) is 70.0 Å². The predicted octanol–water partition coefficient (Wildman–Crippen LogP) is 3.62. The molecule has 0 spiro atoms. The Labute approximate surface area is 187 Å². The molecular formula is C22H23N5O2S2. The molecule has 0 radical (unpaired) electrons. The summed E-state index contributed by atoms with van der Waals surface area (Å²) in [6.07, 6.45) is 1.98. The van der Waals surface area contributed by atoms with Gasteiger partial charge in [-0.15, -0.1) is 22.7 Å². The lowest BCUT2D eigenvalue weighted by Gasteiger charge is -2.34. The molecule has 31 heavy (non-hydrogen) atoms. The van der Waals surface area contributed by atoms with E-state index in [-0.39, 0.29) is 11.8 Å². The van der Waals surface area contributed by atoms with Gasteiger partial charge in [-0.2, -0.15) is 0 Å². The summed E-state index contributed by atoms with van der Waals surface area (Å²) in [4.78, 5) is 36.6. The number of nitrogens with zero attached hydrogens (tertiary/aromatic N) is 4. The van der Waals surface area contributed by atoms with E-state index in [0.29, 0.717) is 32.7 Å². The molecule has 1 saturated heterocycles. The maximum atomic E-state index is 13.0. The predicted molar refractivity (Wildman–Crippen MR) is 125 cm³/mol. The van der Waals surface area contributed by atoms with Crippen molar-refractivity contribution in [3.05, 3.63) is 51.8 Å². The number of imidazole rings is 1. The molecule has 4 heterocycles. The van der Waals surface area contributed by atoms with Crippen molar-refractivity contribution in [3.63, 3.8) is 0 Å². The highest BCUT2D eigenvalue weighted by Crippen LogP contribution is 2.29. The Bertz CT molecular complexity index is 1280. The van der Waals surface area contributed by atoms with Crippen LogP contribution in [0.2, 0.25) is 0 Å². The Morgan fingerprint density at radius 3 is 2.77 bits per heavy atom. The van der Waals surface area contributed by atoms with Crippen molar-refractivity contribution in [2.45, 2.75) is 13.8 Å². The maximum Gasteiger partial charge on any atom is 0.264 e. The molecule has 9 heteroatoms. The Hall–Kier alpha value is -2.75. The molecule has 0 saturated carbocycles. The molecule has 0 aliphatic carbocycles. The number of carbonyl (C=O) groups is 2. The third-order valence-electron chi connectivity index (χ3n) is 5.86. The van der Waals surface area contributed by atoms with Gasteiger partial charge in [0.25, 0.3) is 5.91 Å². The SMILES string of the molecule is Cc1cccc(NC(=O)CN2CCN(C(=O)c3cc4c(nc5sccn54)s3)CC2)c1C. The summed E-state index contributed by atoms with van der Waals surface area (Å²) in [5, 5.41) is 5.01. The number of carbonyl (C=O) groups excluding carboxylic acids is 2. The van der Waals surface area contributed by atoms with Crippen molar-refractivity contribution >= 4 is 55.5 Å². The van der Waals surface area contributed by atoms with Gasteiger partial charge in [0.2, 0.25) is 5.91 Å². The number of nitrogens with one attached hydrogen (secondary N) is 1. The number of fused-ring (bicyclic) bond motifs is 3. The van der Waals surface area contributed by atoms with Gasteiger partial charge < -0.3 is 10.2 Å². The molecule has 1 aliphatic heterocycles. The van der Waals surface area contributed by atoms with E-state index >= 15 is 0 Å². The van der Waals surface area contributed by atoms with E-state index in [1.807, 2.05) is 59.0 Å². The monoisotopic (exact) mass is 453 g/mol. The van der Waals surface area contributed by atoms with Crippen LogP contribution < -0.4 is 5.32 Å². The maximum absolute atomic E-state index is 13.0.